The van der Waals surface area contributed by atoms with Crippen LogP contribution in [-0.2, 0) is 4.79 Å². The van der Waals surface area contributed by atoms with Gasteiger partial charge in [-0.15, -0.1) is 0 Å². The van der Waals surface area contributed by atoms with Crippen LogP contribution in [0.2, 0.25) is 0 Å². The zero-order chi connectivity index (χ0) is 14.1. The Balaban J connectivity index is 2.05. The Hall–Kier alpha value is -0.570. The molecule has 2 unspecified atom stereocenters. The molecule has 3 nitrogen and oxygen atoms in total. The molecule has 0 spiro atoms. The number of carbonyl (C=O) groups is 1. The van der Waals surface area contributed by atoms with Crippen LogP contribution in [0.15, 0.2) is 0 Å². The first kappa shape index (κ1) is 16.5. The van der Waals surface area contributed by atoms with Crippen molar-refractivity contribution in [3.8, 4) is 0 Å². The van der Waals surface area contributed by atoms with Crippen molar-refractivity contribution in [2.45, 2.75) is 71.8 Å². The Morgan fingerprint density at radius 1 is 1.32 bits per heavy atom. The largest absolute Gasteiger partial charge is 0.354 e. The van der Waals surface area contributed by atoms with Crippen LogP contribution in [0.4, 0.5) is 0 Å². The van der Waals surface area contributed by atoms with Crippen LogP contribution in [-0.4, -0.2) is 25.0 Å². The maximum atomic E-state index is 11.9. The van der Waals surface area contributed by atoms with E-state index in [0.717, 1.165) is 31.8 Å². The molecule has 1 rings (SSSR count). The van der Waals surface area contributed by atoms with Gasteiger partial charge in [0, 0.05) is 12.5 Å². The van der Waals surface area contributed by atoms with Crippen LogP contribution in [0.5, 0.6) is 0 Å². The summed E-state index contributed by atoms with van der Waals surface area (Å²) in [4.78, 5) is 11.9. The maximum Gasteiger partial charge on any atom is 0.220 e. The number of rotatable bonds is 8. The second-order valence-electron chi connectivity index (χ2n) is 6.54. The zero-order valence-corrected chi connectivity index (χ0v) is 13.0. The third-order valence-corrected chi connectivity index (χ3v) is 4.00. The molecule has 3 heteroatoms. The van der Waals surface area contributed by atoms with Gasteiger partial charge in [-0.2, -0.15) is 0 Å². The lowest BCUT2D eigenvalue weighted by atomic mass is 9.94. The lowest BCUT2D eigenvalue weighted by Gasteiger charge is -2.22. The van der Waals surface area contributed by atoms with E-state index in [0.29, 0.717) is 18.4 Å². The molecule has 1 saturated heterocycles. The smallest absolute Gasteiger partial charge is 0.220 e. The van der Waals surface area contributed by atoms with Gasteiger partial charge in [0.05, 0.1) is 0 Å². The van der Waals surface area contributed by atoms with Gasteiger partial charge < -0.3 is 10.6 Å². The van der Waals surface area contributed by atoms with Gasteiger partial charge in [0.15, 0.2) is 0 Å². The van der Waals surface area contributed by atoms with Gasteiger partial charge in [0.2, 0.25) is 5.91 Å². The van der Waals surface area contributed by atoms with Gasteiger partial charge in [-0.1, -0.05) is 26.7 Å². The van der Waals surface area contributed by atoms with Crippen LogP contribution in [0.25, 0.3) is 0 Å². The molecule has 112 valence electrons. The van der Waals surface area contributed by atoms with E-state index in [1.807, 2.05) is 0 Å². The van der Waals surface area contributed by atoms with Gasteiger partial charge in [0.25, 0.3) is 0 Å². The van der Waals surface area contributed by atoms with E-state index in [1.165, 1.54) is 25.7 Å². The van der Waals surface area contributed by atoms with Crippen molar-refractivity contribution in [2.75, 3.05) is 13.1 Å². The summed E-state index contributed by atoms with van der Waals surface area (Å²) < 4.78 is 0. The Kier molecular flexibility index (Phi) is 8.11. The molecule has 2 atom stereocenters. The standard InChI is InChI=1S/C16H32N2O/c1-13(2)6-4-7-14(3)18-16(19)10-9-15-8-5-11-17-12-15/h13-15,17H,4-12H2,1-3H3,(H,18,19). The first-order valence-corrected chi connectivity index (χ1v) is 8.08. The van der Waals surface area contributed by atoms with Crippen LogP contribution in [0.1, 0.15) is 65.7 Å². The third kappa shape index (κ3) is 8.25. The molecule has 1 aliphatic heterocycles. The predicted octanol–water partition coefficient (Wildman–Crippen LogP) is 3.10. The van der Waals surface area contributed by atoms with Crippen molar-refractivity contribution in [1.82, 2.24) is 10.6 Å². The van der Waals surface area contributed by atoms with E-state index in [9.17, 15) is 4.79 Å². The highest BCUT2D eigenvalue weighted by molar-refractivity contribution is 5.76. The number of nitrogens with one attached hydrogen (secondary N) is 2. The van der Waals surface area contributed by atoms with Gasteiger partial charge in [-0.3, -0.25) is 4.79 Å². The first-order valence-electron chi connectivity index (χ1n) is 8.08. The molecule has 0 aromatic rings. The average molecular weight is 268 g/mol. The van der Waals surface area contributed by atoms with Crippen LogP contribution in [0.3, 0.4) is 0 Å². The molecule has 0 radical (unpaired) electrons. The summed E-state index contributed by atoms with van der Waals surface area (Å²) in [6.45, 7) is 8.87. The van der Waals surface area contributed by atoms with Crippen molar-refractivity contribution in [3.63, 3.8) is 0 Å². The Labute approximate surface area is 118 Å². The summed E-state index contributed by atoms with van der Waals surface area (Å²) >= 11 is 0. The lowest BCUT2D eigenvalue weighted by Crippen LogP contribution is -2.34. The monoisotopic (exact) mass is 268 g/mol. The van der Waals surface area contributed by atoms with Crippen molar-refractivity contribution in [1.29, 1.82) is 0 Å². The second-order valence-corrected chi connectivity index (χ2v) is 6.54. The number of carbonyl (C=O) groups excluding carboxylic acids is 1. The molecule has 19 heavy (non-hydrogen) atoms. The highest BCUT2D eigenvalue weighted by Gasteiger charge is 2.15. The SMILES string of the molecule is CC(C)CCCC(C)NC(=O)CCC1CCCNC1. The number of hydrogen-bond donors (Lipinski definition) is 2. The molecule has 0 saturated carbocycles. The van der Waals surface area contributed by atoms with E-state index < -0.39 is 0 Å². The van der Waals surface area contributed by atoms with E-state index >= 15 is 0 Å². The Bertz CT molecular complexity index is 247. The molecule has 1 fully saturated rings. The van der Waals surface area contributed by atoms with Gasteiger partial charge in [-0.25, -0.2) is 0 Å². The fourth-order valence-corrected chi connectivity index (χ4v) is 2.76. The summed E-state index contributed by atoms with van der Waals surface area (Å²) in [5.41, 5.74) is 0. The fraction of sp³-hybridized carbons (Fsp3) is 0.938. The first-order chi connectivity index (χ1) is 9.08. The molecule has 1 heterocycles. The minimum Gasteiger partial charge on any atom is -0.354 e. The zero-order valence-electron chi connectivity index (χ0n) is 13.0. The fourth-order valence-electron chi connectivity index (χ4n) is 2.76. The lowest BCUT2D eigenvalue weighted by molar-refractivity contribution is -0.122. The molecule has 2 N–H and O–H groups in total. The van der Waals surface area contributed by atoms with E-state index in [2.05, 4.69) is 31.4 Å². The highest BCUT2D eigenvalue weighted by Crippen LogP contribution is 2.16. The second kappa shape index (κ2) is 9.35. The summed E-state index contributed by atoms with van der Waals surface area (Å²) in [5.74, 6) is 1.71. The summed E-state index contributed by atoms with van der Waals surface area (Å²) in [7, 11) is 0. The average Bonchev–Trinajstić information content (AvgIpc) is 2.37. The Morgan fingerprint density at radius 2 is 2.11 bits per heavy atom. The molecular weight excluding hydrogens is 236 g/mol. The molecule has 0 aromatic heterocycles. The molecule has 0 aliphatic carbocycles. The van der Waals surface area contributed by atoms with E-state index in [-0.39, 0.29) is 5.91 Å². The molecule has 0 bridgehead atoms. The van der Waals surface area contributed by atoms with Crippen molar-refractivity contribution in [2.24, 2.45) is 11.8 Å². The Morgan fingerprint density at radius 3 is 2.74 bits per heavy atom. The van der Waals surface area contributed by atoms with E-state index in [1.54, 1.807) is 0 Å². The molecule has 0 aromatic carbocycles. The number of hydrogen-bond acceptors (Lipinski definition) is 2. The van der Waals surface area contributed by atoms with Crippen molar-refractivity contribution < 1.29 is 4.79 Å². The number of piperidine rings is 1. The molecule has 1 amide bonds. The summed E-state index contributed by atoms with van der Waals surface area (Å²) in [6, 6.07) is 0.329. The molecule has 1 aliphatic rings. The van der Waals surface area contributed by atoms with E-state index in [4.69, 9.17) is 0 Å². The predicted molar refractivity (Wildman–Crippen MR) is 81.1 cm³/mol. The third-order valence-electron chi connectivity index (χ3n) is 4.00. The normalized spacial score (nSPS) is 21.4. The van der Waals surface area contributed by atoms with Crippen LogP contribution in [0, 0.1) is 11.8 Å². The van der Waals surface area contributed by atoms with Gasteiger partial charge >= 0.3 is 0 Å². The maximum absolute atomic E-state index is 11.9. The minimum atomic E-state index is 0.239. The topological polar surface area (TPSA) is 41.1 Å². The van der Waals surface area contributed by atoms with Gasteiger partial charge in [-0.05, 0) is 57.5 Å². The quantitative estimate of drug-likeness (QED) is 0.710. The number of amides is 1. The van der Waals surface area contributed by atoms with Crippen LogP contribution < -0.4 is 10.6 Å². The van der Waals surface area contributed by atoms with Crippen LogP contribution >= 0.6 is 0 Å². The molecular formula is C16H32N2O. The summed E-state index contributed by atoms with van der Waals surface area (Å²) in [5, 5.41) is 6.54. The summed E-state index contributed by atoms with van der Waals surface area (Å²) in [6.07, 6.45) is 7.86. The minimum absolute atomic E-state index is 0.239. The van der Waals surface area contributed by atoms with Crippen molar-refractivity contribution in [3.05, 3.63) is 0 Å². The van der Waals surface area contributed by atoms with Crippen molar-refractivity contribution >= 4 is 5.91 Å². The highest BCUT2D eigenvalue weighted by atomic mass is 16.1. The van der Waals surface area contributed by atoms with Gasteiger partial charge in [0.1, 0.15) is 0 Å².